The number of ether oxygens (including phenoxy) is 1. The molecule has 0 amide bonds. The van der Waals surface area contributed by atoms with Crippen LogP contribution >= 0.6 is 0 Å². The number of nitrogens with two attached hydrogens (primary N) is 2. The topological polar surface area (TPSA) is 111 Å². The quantitative estimate of drug-likeness (QED) is 0.873. The van der Waals surface area contributed by atoms with Gasteiger partial charge in [0.25, 0.3) is 0 Å². The van der Waals surface area contributed by atoms with E-state index in [-0.39, 0.29) is 17.3 Å². The predicted octanol–water partition coefficient (Wildman–Crippen LogP) is 3.22. The van der Waals surface area contributed by atoms with Crippen molar-refractivity contribution in [2.45, 2.75) is 34.1 Å². The molecule has 0 aliphatic heterocycles. The summed E-state index contributed by atoms with van der Waals surface area (Å²) in [7, 11) is 0. The first-order valence-electron chi connectivity index (χ1n) is 7.91. The van der Waals surface area contributed by atoms with Gasteiger partial charge in [0.2, 0.25) is 5.95 Å². The van der Waals surface area contributed by atoms with Crippen LogP contribution in [0, 0.1) is 31.1 Å². The zero-order chi connectivity index (χ0) is 17.9. The van der Waals surface area contributed by atoms with E-state index in [9.17, 15) is 5.26 Å². The number of hydrogen-bond acceptors (Lipinski definition) is 6. The van der Waals surface area contributed by atoms with Crippen molar-refractivity contribution in [3.8, 4) is 23.1 Å². The number of nitrogens with zero attached hydrogens (tertiary/aromatic N) is 3. The smallest absolute Gasteiger partial charge is 0.222 e. The second-order valence-corrected chi connectivity index (χ2v) is 6.27. The van der Waals surface area contributed by atoms with Crippen molar-refractivity contribution in [1.82, 2.24) is 9.97 Å². The van der Waals surface area contributed by atoms with E-state index in [1.807, 2.05) is 26.0 Å². The van der Waals surface area contributed by atoms with Gasteiger partial charge >= 0.3 is 0 Å². The van der Waals surface area contributed by atoms with Crippen LogP contribution in [0.3, 0.4) is 0 Å². The molecule has 0 spiro atoms. The van der Waals surface area contributed by atoms with E-state index in [2.05, 4.69) is 29.9 Å². The summed E-state index contributed by atoms with van der Waals surface area (Å²) in [5, 5.41) is 9.38. The van der Waals surface area contributed by atoms with E-state index >= 15 is 0 Å². The van der Waals surface area contributed by atoms with Crippen molar-refractivity contribution in [3.63, 3.8) is 0 Å². The Morgan fingerprint density at radius 3 is 2.33 bits per heavy atom. The Morgan fingerprint density at radius 1 is 1.17 bits per heavy atom. The summed E-state index contributed by atoms with van der Waals surface area (Å²) in [4.78, 5) is 8.10. The van der Waals surface area contributed by atoms with Crippen molar-refractivity contribution in [2.75, 3.05) is 18.1 Å². The third-order valence-corrected chi connectivity index (χ3v) is 3.77. The van der Waals surface area contributed by atoms with Crippen molar-refractivity contribution >= 4 is 11.8 Å². The summed E-state index contributed by atoms with van der Waals surface area (Å²) >= 11 is 0. The van der Waals surface area contributed by atoms with Gasteiger partial charge in [0.05, 0.1) is 12.3 Å². The Bertz CT molecular complexity index is 770. The number of aromatic nitrogens is 2. The molecular formula is C18H23N5O. The molecule has 1 aromatic heterocycles. The van der Waals surface area contributed by atoms with Gasteiger partial charge in [0.15, 0.2) is 0 Å². The molecule has 24 heavy (non-hydrogen) atoms. The molecular weight excluding hydrogens is 302 g/mol. The highest BCUT2D eigenvalue weighted by molar-refractivity contribution is 5.78. The molecule has 0 aliphatic carbocycles. The maximum absolute atomic E-state index is 9.38. The molecule has 0 atom stereocenters. The molecule has 0 fully saturated rings. The first-order valence-corrected chi connectivity index (χ1v) is 7.91. The monoisotopic (exact) mass is 325 g/mol. The van der Waals surface area contributed by atoms with Crippen LogP contribution in [-0.2, 0) is 0 Å². The van der Waals surface area contributed by atoms with Crippen LogP contribution in [0.5, 0.6) is 5.75 Å². The van der Waals surface area contributed by atoms with Gasteiger partial charge in [-0.05, 0) is 49.4 Å². The average molecular weight is 325 g/mol. The zero-order valence-corrected chi connectivity index (χ0v) is 14.6. The van der Waals surface area contributed by atoms with Crippen LogP contribution in [0.15, 0.2) is 12.1 Å². The summed E-state index contributed by atoms with van der Waals surface area (Å²) in [6.07, 6.45) is 0.997. The third kappa shape index (κ3) is 3.74. The van der Waals surface area contributed by atoms with E-state index in [1.165, 1.54) is 0 Å². The molecule has 0 aliphatic rings. The van der Waals surface area contributed by atoms with E-state index in [0.717, 1.165) is 28.9 Å². The van der Waals surface area contributed by atoms with Crippen LogP contribution < -0.4 is 16.2 Å². The van der Waals surface area contributed by atoms with Gasteiger partial charge in [0.1, 0.15) is 23.2 Å². The zero-order valence-electron chi connectivity index (χ0n) is 14.6. The molecule has 0 saturated carbocycles. The highest BCUT2D eigenvalue weighted by Crippen LogP contribution is 2.33. The summed E-state index contributed by atoms with van der Waals surface area (Å²) in [6, 6.07) is 5.95. The minimum Gasteiger partial charge on any atom is -0.494 e. The number of hydrogen-bond donors (Lipinski definition) is 2. The molecule has 6 nitrogen and oxygen atoms in total. The summed E-state index contributed by atoms with van der Waals surface area (Å²) in [5.41, 5.74) is 15.0. The Labute approximate surface area is 142 Å². The summed E-state index contributed by atoms with van der Waals surface area (Å²) in [6.45, 7) is 8.90. The standard InChI is InChI=1S/C18H23N5O/c1-10(2)5-6-24-13-7-11(3)15(12(4)8-13)16-14(9-19)17(20)23-18(21)22-16/h7-8,10H,5-6H2,1-4H3,(H4,20,21,22,23). The van der Waals surface area contributed by atoms with Crippen LogP contribution in [-0.4, -0.2) is 16.6 Å². The van der Waals surface area contributed by atoms with Gasteiger partial charge in [0, 0.05) is 5.56 Å². The molecule has 1 aromatic carbocycles. The molecule has 4 N–H and O–H groups in total. The molecule has 0 unspecified atom stereocenters. The van der Waals surface area contributed by atoms with Gasteiger partial charge in [-0.25, -0.2) is 4.98 Å². The molecule has 6 heteroatoms. The van der Waals surface area contributed by atoms with Gasteiger partial charge in [-0.15, -0.1) is 0 Å². The van der Waals surface area contributed by atoms with E-state index in [4.69, 9.17) is 16.2 Å². The fourth-order valence-electron chi connectivity index (χ4n) is 2.58. The summed E-state index contributed by atoms with van der Waals surface area (Å²) in [5.74, 6) is 1.55. The Morgan fingerprint density at radius 2 is 1.79 bits per heavy atom. The van der Waals surface area contributed by atoms with Crippen LogP contribution in [0.25, 0.3) is 11.3 Å². The van der Waals surface area contributed by atoms with Crippen molar-refractivity contribution in [3.05, 3.63) is 28.8 Å². The molecule has 1 heterocycles. The van der Waals surface area contributed by atoms with Crippen molar-refractivity contribution in [1.29, 1.82) is 5.26 Å². The highest BCUT2D eigenvalue weighted by Gasteiger charge is 2.17. The molecule has 126 valence electrons. The highest BCUT2D eigenvalue weighted by atomic mass is 16.5. The fourth-order valence-corrected chi connectivity index (χ4v) is 2.58. The molecule has 0 saturated heterocycles. The predicted molar refractivity (Wildman–Crippen MR) is 95.4 cm³/mol. The minimum atomic E-state index is 0.0533. The second-order valence-electron chi connectivity index (χ2n) is 6.27. The minimum absolute atomic E-state index is 0.0533. The lowest BCUT2D eigenvalue weighted by molar-refractivity contribution is 0.289. The van der Waals surface area contributed by atoms with Crippen LogP contribution in [0.2, 0.25) is 0 Å². The number of aryl methyl sites for hydroxylation is 2. The normalized spacial score (nSPS) is 10.7. The summed E-state index contributed by atoms with van der Waals surface area (Å²) < 4.78 is 5.83. The Balaban J connectivity index is 2.45. The number of nitrogen functional groups attached to an aromatic ring is 2. The maximum Gasteiger partial charge on any atom is 0.222 e. The van der Waals surface area contributed by atoms with E-state index in [0.29, 0.717) is 18.2 Å². The van der Waals surface area contributed by atoms with Crippen molar-refractivity contribution < 1.29 is 4.74 Å². The first kappa shape index (κ1) is 17.5. The van der Waals surface area contributed by atoms with Gasteiger partial charge in [-0.1, -0.05) is 13.8 Å². The van der Waals surface area contributed by atoms with Crippen LogP contribution in [0.4, 0.5) is 11.8 Å². The second kappa shape index (κ2) is 7.18. The lowest BCUT2D eigenvalue weighted by Gasteiger charge is -2.15. The van der Waals surface area contributed by atoms with Gasteiger partial charge in [-0.3, -0.25) is 0 Å². The number of rotatable bonds is 5. The lowest BCUT2D eigenvalue weighted by Crippen LogP contribution is -2.07. The SMILES string of the molecule is Cc1cc(OCCC(C)C)cc(C)c1-c1nc(N)nc(N)c1C#N. The van der Waals surface area contributed by atoms with Gasteiger partial charge in [-0.2, -0.15) is 10.2 Å². The number of benzene rings is 1. The largest absolute Gasteiger partial charge is 0.494 e. The van der Waals surface area contributed by atoms with Gasteiger partial charge < -0.3 is 16.2 Å². The first-order chi connectivity index (χ1) is 11.3. The number of anilines is 2. The van der Waals surface area contributed by atoms with E-state index < -0.39 is 0 Å². The lowest BCUT2D eigenvalue weighted by atomic mass is 9.96. The molecule has 0 radical (unpaired) electrons. The maximum atomic E-state index is 9.38. The molecule has 0 bridgehead atoms. The average Bonchev–Trinajstić information content (AvgIpc) is 2.45. The third-order valence-electron chi connectivity index (χ3n) is 3.77. The Kier molecular flexibility index (Phi) is 5.24. The fraction of sp³-hybridized carbons (Fsp3) is 0.389. The molecule has 2 rings (SSSR count). The van der Waals surface area contributed by atoms with E-state index in [1.54, 1.807) is 0 Å². The van der Waals surface area contributed by atoms with Crippen molar-refractivity contribution in [2.24, 2.45) is 5.92 Å². The Hall–Kier alpha value is -2.81. The number of nitriles is 1. The van der Waals surface area contributed by atoms with Crippen LogP contribution in [0.1, 0.15) is 37.0 Å². The molecule has 2 aromatic rings.